The van der Waals surface area contributed by atoms with Crippen molar-refractivity contribution in [1.29, 1.82) is 0 Å². The molecular weight excluding hydrogens is 398 g/mol. The largest absolute Gasteiger partial charge is 0.375 e. The summed E-state index contributed by atoms with van der Waals surface area (Å²) in [6, 6.07) is 30.7. The van der Waals surface area contributed by atoms with Crippen molar-refractivity contribution < 1.29 is 14.2 Å². The van der Waals surface area contributed by atoms with Crippen LogP contribution in [0, 0.1) is 0 Å². The zero-order valence-corrected chi connectivity index (χ0v) is 18.3. The first-order valence-electron chi connectivity index (χ1n) is 11.1. The summed E-state index contributed by atoms with van der Waals surface area (Å²) >= 11 is 0. The molecule has 1 aliphatic rings. The molecule has 166 valence electrons. The van der Waals surface area contributed by atoms with Crippen molar-refractivity contribution >= 4 is 0 Å². The highest BCUT2D eigenvalue weighted by atomic mass is 16.5. The van der Waals surface area contributed by atoms with Gasteiger partial charge in [-0.05, 0) is 16.7 Å². The Labute approximate surface area is 190 Å². The molecule has 3 aromatic rings. The maximum absolute atomic E-state index is 6.42. The number of nitrogens with one attached hydrogen (secondary N) is 1. The molecule has 0 radical (unpaired) electrons. The Balaban J connectivity index is 1.43. The van der Waals surface area contributed by atoms with Crippen molar-refractivity contribution in [1.82, 2.24) is 5.32 Å². The Morgan fingerprint density at radius 3 is 1.62 bits per heavy atom. The van der Waals surface area contributed by atoms with E-state index in [1.54, 1.807) is 0 Å². The molecule has 1 N–H and O–H groups in total. The number of ether oxygens (including phenoxy) is 3. The highest BCUT2D eigenvalue weighted by molar-refractivity contribution is 5.16. The van der Waals surface area contributed by atoms with Gasteiger partial charge in [0, 0.05) is 0 Å². The minimum atomic E-state index is -0.155. The standard InChI is InChI=1S/C28H31NO3/c1-2-25-27(31-19-23-14-8-4-9-15-23)28(32-20-24-16-10-5-11-17-24)26(29-25)21-30-18-22-12-6-3-7-13-22/h2-17,25-29H,1,18-21H2/t25-,26-,27-,28-/m1/s1. The summed E-state index contributed by atoms with van der Waals surface area (Å²) in [5, 5.41) is 3.61. The van der Waals surface area contributed by atoms with Crippen LogP contribution in [0.5, 0.6) is 0 Å². The fourth-order valence-corrected chi connectivity index (χ4v) is 4.04. The molecule has 4 nitrogen and oxygen atoms in total. The van der Waals surface area contributed by atoms with E-state index in [2.05, 4.69) is 48.3 Å². The van der Waals surface area contributed by atoms with Gasteiger partial charge in [0.2, 0.25) is 0 Å². The Morgan fingerprint density at radius 2 is 1.12 bits per heavy atom. The number of hydrogen-bond donors (Lipinski definition) is 1. The predicted octanol–water partition coefficient (Wildman–Crippen LogP) is 4.90. The van der Waals surface area contributed by atoms with Gasteiger partial charge in [-0.3, -0.25) is 0 Å². The van der Waals surface area contributed by atoms with Crippen LogP contribution < -0.4 is 5.32 Å². The normalized spacial score (nSPS) is 22.6. The summed E-state index contributed by atoms with van der Waals surface area (Å²) in [5.74, 6) is 0. The van der Waals surface area contributed by atoms with Crippen molar-refractivity contribution in [2.24, 2.45) is 0 Å². The summed E-state index contributed by atoms with van der Waals surface area (Å²) < 4.78 is 18.9. The van der Waals surface area contributed by atoms with Gasteiger partial charge in [0.15, 0.2) is 0 Å². The van der Waals surface area contributed by atoms with E-state index in [9.17, 15) is 0 Å². The topological polar surface area (TPSA) is 39.7 Å². The second-order valence-corrected chi connectivity index (χ2v) is 8.06. The first-order valence-corrected chi connectivity index (χ1v) is 11.1. The van der Waals surface area contributed by atoms with Crippen LogP contribution in [0.25, 0.3) is 0 Å². The second kappa shape index (κ2) is 11.7. The van der Waals surface area contributed by atoms with Gasteiger partial charge in [0.1, 0.15) is 12.2 Å². The SMILES string of the molecule is C=C[C@H]1N[C@H](COCc2ccccc2)[C@@H](OCc2ccccc2)[C@@H]1OCc1ccccc1. The van der Waals surface area contributed by atoms with Crippen LogP contribution in [-0.4, -0.2) is 30.9 Å². The van der Waals surface area contributed by atoms with E-state index >= 15 is 0 Å². The number of rotatable bonds is 11. The fraction of sp³-hybridized carbons (Fsp3) is 0.286. The molecule has 4 rings (SSSR count). The van der Waals surface area contributed by atoms with E-state index in [1.807, 2.05) is 60.7 Å². The molecular formula is C28H31NO3. The molecule has 0 aromatic heterocycles. The zero-order chi connectivity index (χ0) is 22.0. The summed E-state index contributed by atoms with van der Waals surface area (Å²) in [7, 11) is 0. The Bertz CT molecular complexity index is 933. The molecule has 0 amide bonds. The summed E-state index contributed by atoms with van der Waals surface area (Å²) in [4.78, 5) is 0. The van der Waals surface area contributed by atoms with Gasteiger partial charge in [-0.1, -0.05) is 97.1 Å². The highest BCUT2D eigenvalue weighted by Gasteiger charge is 2.43. The van der Waals surface area contributed by atoms with Crippen LogP contribution in [0.15, 0.2) is 104 Å². The molecule has 0 aliphatic carbocycles. The lowest BCUT2D eigenvalue weighted by Crippen LogP contribution is -2.40. The maximum Gasteiger partial charge on any atom is 0.105 e. The monoisotopic (exact) mass is 429 g/mol. The quantitative estimate of drug-likeness (QED) is 0.440. The molecule has 0 bridgehead atoms. The average molecular weight is 430 g/mol. The number of benzene rings is 3. The van der Waals surface area contributed by atoms with Crippen molar-refractivity contribution in [2.75, 3.05) is 6.61 Å². The molecule has 1 fully saturated rings. The molecule has 0 unspecified atom stereocenters. The molecule has 0 saturated carbocycles. The van der Waals surface area contributed by atoms with E-state index in [-0.39, 0.29) is 24.3 Å². The molecule has 3 aromatic carbocycles. The maximum atomic E-state index is 6.42. The van der Waals surface area contributed by atoms with E-state index < -0.39 is 0 Å². The Morgan fingerprint density at radius 1 is 0.656 bits per heavy atom. The molecule has 4 atom stereocenters. The lowest BCUT2D eigenvalue weighted by molar-refractivity contribution is -0.0828. The summed E-state index contributed by atoms with van der Waals surface area (Å²) in [6.45, 7) is 6.18. The van der Waals surface area contributed by atoms with Crippen LogP contribution in [0.3, 0.4) is 0 Å². The third-order valence-electron chi connectivity index (χ3n) is 5.71. The van der Waals surface area contributed by atoms with Gasteiger partial charge in [-0.25, -0.2) is 0 Å². The smallest absolute Gasteiger partial charge is 0.105 e. The van der Waals surface area contributed by atoms with E-state index in [1.165, 1.54) is 0 Å². The molecule has 4 heteroatoms. The van der Waals surface area contributed by atoms with Gasteiger partial charge < -0.3 is 19.5 Å². The molecule has 1 saturated heterocycles. The minimum Gasteiger partial charge on any atom is -0.375 e. The van der Waals surface area contributed by atoms with Gasteiger partial charge in [0.05, 0.1) is 38.5 Å². The minimum absolute atomic E-state index is 0.00574. The van der Waals surface area contributed by atoms with Crippen LogP contribution in [0.4, 0.5) is 0 Å². The summed E-state index contributed by atoms with van der Waals surface area (Å²) in [6.07, 6.45) is 1.60. The Kier molecular flexibility index (Phi) is 8.23. The van der Waals surface area contributed by atoms with Crippen LogP contribution in [-0.2, 0) is 34.0 Å². The average Bonchev–Trinajstić information content (AvgIpc) is 3.19. The highest BCUT2D eigenvalue weighted by Crippen LogP contribution is 2.25. The first kappa shape index (κ1) is 22.4. The Hall–Kier alpha value is -2.76. The number of hydrogen-bond acceptors (Lipinski definition) is 4. The second-order valence-electron chi connectivity index (χ2n) is 8.06. The van der Waals surface area contributed by atoms with Gasteiger partial charge in [0.25, 0.3) is 0 Å². The third kappa shape index (κ3) is 6.15. The van der Waals surface area contributed by atoms with Crippen LogP contribution >= 0.6 is 0 Å². The summed E-state index contributed by atoms with van der Waals surface area (Å²) in [5.41, 5.74) is 3.44. The van der Waals surface area contributed by atoms with Gasteiger partial charge in [-0.2, -0.15) is 0 Å². The lowest BCUT2D eigenvalue weighted by atomic mass is 10.1. The fourth-order valence-electron chi connectivity index (χ4n) is 4.04. The molecule has 0 spiro atoms. The van der Waals surface area contributed by atoms with Crippen molar-refractivity contribution in [3.05, 3.63) is 120 Å². The van der Waals surface area contributed by atoms with Crippen LogP contribution in [0.1, 0.15) is 16.7 Å². The zero-order valence-electron chi connectivity index (χ0n) is 18.3. The lowest BCUT2D eigenvalue weighted by Gasteiger charge is -2.26. The van der Waals surface area contributed by atoms with Gasteiger partial charge >= 0.3 is 0 Å². The van der Waals surface area contributed by atoms with Crippen molar-refractivity contribution in [3.8, 4) is 0 Å². The van der Waals surface area contributed by atoms with Crippen LogP contribution in [0.2, 0.25) is 0 Å². The third-order valence-corrected chi connectivity index (χ3v) is 5.71. The van der Waals surface area contributed by atoms with Gasteiger partial charge in [-0.15, -0.1) is 6.58 Å². The first-order chi connectivity index (χ1) is 15.8. The van der Waals surface area contributed by atoms with Crippen molar-refractivity contribution in [2.45, 2.75) is 44.1 Å². The predicted molar refractivity (Wildman–Crippen MR) is 127 cm³/mol. The van der Waals surface area contributed by atoms with E-state index in [4.69, 9.17) is 14.2 Å². The van der Waals surface area contributed by atoms with E-state index in [0.29, 0.717) is 26.4 Å². The molecule has 32 heavy (non-hydrogen) atoms. The van der Waals surface area contributed by atoms with E-state index in [0.717, 1.165) is 16.7 Å². The molecule has 1 aliphatic heterocycles. The van der Waals surface area contributed by atoms with Crippen molar-refractivity contribution in [3.63, 3.8) is 0 Å². The molecule has 1 heterocycles.